The molecular weight excluding hydrogens is 357 g/mol. The van der Waals surface area contributed by atoms with Gasteiger partial charge in [-0.15, -0.1) is 0 Å². The van der Waals surface area contributed by atoms with E-state index in [2.05, 4.69) is 4.52 Å². The first-order chi connectivity index (χ1) is 8.86. The smallest absolute Gasteiger partial charge is 0.410 e. The summed E-state index contributed by atoms with van der Waals surface area (Å²) < 4.78 is 89.5. The minimum absolute atomic E-state index is 1.03. The Morgan fingerprint density at radius 3 is 1.50 bits per heavy atom. The number of benzene rings is 1. The Bertz CT molecular complexity index is 618. The summed E-state index contributed by atoms with van der Waals surface area (Å²) in [5, 5.41) is 0. The van der Waals surface area contributed by atoms with Gasteiger partial charge < -0.3 is 19.2 Å². The van der Waals surface area contributed by atoms with Gasteiger partial charge in [0.15, 0.2) is 0 Å². The molecule has 0 fully saturated rings. The Labute approximate surface area is 110 Å². The van der Waals surface area contributed by atoms with E-state index in [0.29, 0.717) is 0 Å². The van der Waals surface area contributed by atoms with Crippen LogP contribution >= 0.6 is 24.6 Å². The molecule has 0 aliphatic rings. The molecule has 0 aliphatic heterocycles. The van der Waals surface area contributed by atoms with Crippen molar-refractivity contribution in [2.45, 2.75) is 0 Å². The molecule has 14 heteroatoms. The molecule has 1 aromatic rings. The van der Waals surface area contributed by atoms with Crippen molar-refractivity contribution in [1.82, 2.24) is 0 Å². The van der Waals surface area contributed by atoms with E-state index >= 15 is 0 Å². The Balaban J connectivity index is 3.30. The maximum atomic E-state index is 13.1. The molecule has 0 spiro atoms. The van der Waals surface area contributed by atoms with E-state index in [0.717, 1.165) is 0 Å². The van der Waals surface area contributed by atoms with Gasteiger partial charge in [0.05, 0.1) is 11.0 Å². The third-order valence-corrected chi connectivity index (χ3v) is 7.67. The summed E-state index contributed by atoms with van der Waals surface area (Å²) in [4.78, 5) is 25.7. The molecule has 0 aliphatic carbocycles. The third kappa shape index (κ3) is 3.94. The van der Waals surface area contributed by atoms with E-state index in [4.69, 9.17) is 14.7 Å². The van der Waals surface area contributed by atoms with Gasteiger partial charge in [-0.3, -0.25) is 0 Å². The minimum atomic E-state index is -5.43. The second-order valence-corrected chi connectivity index (χ2v) is 10.1. The highest BCUT2D eigenvalue weighted by atomic mass is 33.1. The Hall–Kier alpha value is -0.640. The van der Waals surface area contributed by atoms with Crippen LogP contribution in [0.4, 0.5) is 22.0 Å². The summed E-state index contributed by atoms with van der Waals surface area (Å²) in [6.07, 6.45) is 0. The lowest BCUT2D eigenvalue weighted by atomic mass is 10.3. The summed E-state index contributed by atoms with van der Waals surface area (Å²) in [6.45, 7) is -10.6. The van der Waals surface area contributed by atoms with E-state index < -0.39 is 59.4 Å². The van der Waals surface area contributed by atoms with Crippen molar-refractivity contribution in [2.24, 2.45) is 0 Å². The van der Waals surface area contributed by atoms with E-state index in [1.165, 1.54) is 0 Å². The zero-order valence-corrected chi connectivity index (χ0v) is 11.4. The number of hydrogen-bond acceptors (Lipinski definition) is 4. The Morgan fingerprint density at radius 2 is 1.15 bits per heavy atom. The molecule has 1 unspecified atom stereocenters. The second-order valence-electron chi connectivity index (χ2n) is 3.03. The maximum absolute atomic E-state index is 13.1. The van der Waals surface area contributed by atoms with E-state index in [9.17, 15) is 31.1 Å². The fourth-order valence-corrected chi connectivity index (χ4v) is 5.47. The molecule has 0 aromatic heterocycles. The Kier molecular flexibility index (Phi) is 4.90. The molecule has 0 saturated carbocycles. The van der Waals surface area contributed by atoms with Gasteiger partial charge in [0.25, 0.3) is 0 Å². The Morgan fingerprint density at radius 1 is 0.800 bits per heavy atom. The van der Waals surface area contributed by atoms with Crippen LogP contribution in [-0.2, 0) is 9.13 Å². The summed E-state index contributed by atoms with van der Waals surface area (Å²) in [5.41, 5.74) is 0. The van der Waals surface area contributed by atoms with Crippen molar-refractivity contribution < 1.29 is 50.3 Å². The molecule has 3 N–H and O–H groups in total. The summed E-state index contributed by atoms with van der Waals surface area (Å²) in [6, 6.07) is 0. The van der Waals surface area contributed by atoms with Crippen molar-refractivity contribution in [3.63, 3.8) is 0 Å². The van der Waals surface area contributed by atoms with Crippen LogP contribution in [0.1, 0.15) is 0 Å². The van der Waals surface area contributed by atoms with Crippen molar-refractivity contribution in [3.05, 3.63) is 29.1 Å². The molecule has 20 heavy (non-hydrogen) atoms. The number of rotatable bonds is 4. The van der Waals surface area contributed by atoms with Gasteiger partial charge in [-0.1, -0.05) is 0 Å². The average molecular weight is 360 g/mol. The topological polar surface area (TPSA) is 104 Å². The van der Waals surface area contributed by atoms with E-state index in [1.807, 2.05) is 0 Å². The molecule has 114 valence electrons. The first kappa shape index (κ1) is 17.4. The van der Waals surface area contributed by atoms with Gasteiger partial charge in [-0.25, -0.2) is 22.3 Å². The largest absolute Gasteiger partial charge is 0.449 e. The van der Waals surface area contributed by atoms with Gasteiger partial charge >= 0.3 is 13.6 Å². The van der Waals surface area contributed by atoms with Crippen LogP contribution in [0.5, 0.6) is 5.75 Å². The summed E-state index contributed by atoms with van der Waals surface area (Å²) >= 11 is -1.03. The molecule has 1 atom stereocenters. The molecule has 0 saturated heterocycles. The third-order valence-electron chi connectivity index (χ3n) is 1.59. The van der Waals surface area contributed by atoms with Gasteiger partial charge in [-0.05, 0) is 0 Å². The molecule has 0 radical (unpaired) electrons. The van der Waals surface area contributed by atoms with Crippen LogP contribution in [0.25, 0.3) is 0 Å². The maximum Gasteiger partial charge on any atom is 0.449 e. The fourth-order valence-electron chi connectivity index (χ4n) is 0.931. The van der Waals surface area contributed by atoms with Gasteiger partial charge in [0.2, 0.25) is 34.8 Å². The molecular formula is C6H3F5O6P2S. The van der Waals surface area contributed by atoms with Gasteiger partial charge in [0.1, 0.15) is 0 Å². The van der Waals surface area contributed by atoms with Crippen molar-refractivity contribution in [3.8, 4) is 5.75 Å². The molecule has 1 aromatic carbocycles. The normalized spacial score (nSPS) is 15.0. The van der Waals surface area contributed by atoms with E-state index in [-0.39, 0.29) is 0 Å². The quantitative estimate of drug-likeness (QED) is 0.328. The molecule has 0 heterocycles. The standard InChI is InChI=1S/C6H3F5O6P2S/c7-1-2(8)4(10)6(5(11)3(1)9)17-19(15,16)20-18(12,13)14/h(H,15,16)(H2,12,13,14). The average Bonchev–Trinajstić information content (AvgIpc) is 2.26. The second kappa shape index (κ2) is 5.63. The predicted molar refractivity (Wildman–Crippen MR) is 56.3 cm³/mol. The highest BCUT2D eigenvalue weighted by molar-refractivity contribution is 8.84. The first-order valence-corrected chi connectivity index (χ1v) is 9.38. The van der Waals surface area contributed by atoms with E-state index in [1.54, 1.807) is 0 Å². The number of halogens is 5. The number of hydrogen-bond donors (Lipinski definition) is 3. The molecule has 6 nitrogen and oxygen atoms in total. The van der Waals surface area contributed by atoms with Crippen molar-refractivity contribution >= 4 is 24.6 Å². The highest BCUT2D eigenvalue weighted by Gasteiger charge is 2.38. The fraction of sp³-hybridized carbons (Fsp3) is 0. The van der Waals surface area contributed by atoms with Gasteiger partial charge in [-0.2, -0.15) is 8.78 Å². The summed E-state index contributed by atoms with van der Waals surface area (Å²) in [7, 11) is 0. The van der Waals surface area contributed by atoms with Crippen LogP contribution < -0.4 is 4.52 Å². The van der Waals surface area contributed by atoms with Crippen LogP contribution in [0, 0.1) is 29.1 Å². The lowest BCUT2D eigenvalue weighted by Gasteiger charge is -2.14. The van der Waals surface area contributed by atoms with Gasteiger partial charge in [0, 0.05) is 0 Å². The molecule has 0 amide bonds. The van der Waals surface area contributed by atoms with Crippen LogP contribution in [0.2, 0.25) is 0 Å². The SMILES string of the molecule is O=P(O)(O)SP(=O)(O)Oc1c(F)c(F)c(F)c(F)c1F. The zero-order valence-electron chi connectivity index (χ0n) is 8.76. The minimum Gasteiger partial charge on any atom is -0.410 e. The lowest BCUT2D eigenvalue weighted by Crippen LogP contribution is -2.05. The summed E-state index contributed by atoms with van der Waals surface area (Å²) in [5.74, 6) is -14.6. The molecule has 1 rings (SSSR count). The highest BCUT2D eigenvalue weighted by Crippen LogP contribution is 2.72. The predicted octanol–water partition coefficient (Wildman–Crippen LogP) is 2.69. The molecule has 0 bridgehead atoms. The monoisotopic (exact) mass is 360 g/mol. The van der Waals surface area contributed by atoms with Crippen molar-refractivity contribution in [2.75, 3.05) is 0 Å². The zero-order chi connectivity index (χ0) is 15.9. The van der Waals surface area contributed by atoms with Crippen molar-refractivity contribution in [1.29, 1.82) is 0 Å². The van der Waals surface area contributed by atoms with Crippen LogP contribution in [0.15, 0.2) is 0 Å². The lowest BCUT2D eigenvalue weighted by molar-refractivity contribution is 0.331. The van der Waals surface area contributed by atoms with Crippen LogP contribution in [0.3, 0.4) is 0 Å². The van der Waals surface area contributed by atoms with Crippen LogP contribution in [-0.4, -0.2) is 14.7 Å². The first-order valence-electron chi connectivity index (χ1n) is 4.16.